The molecule has 2 aliphatic rings. The summed E-state index contributed by atoms with van der Waals surface area (Å²) in [6.07, 6.45) is 15.8. The second kappa shape index (κ2) is 9.04. The molecule has 1 heterocycles. The van der Waals surface area contributed by atoms with Crippen molar-refractivity contribution in [2.75, 3.05) is 32.7 Å². The lowest BCUT2D eigenvalue weighted by molar-refractivity contribution is 0.129. The van der Waals surface area contributed by atoms with Gasteiger partial charge in [0, 0.05) is 13.1 Å². The predicted octanol–water partition coefficient (Wildman–Crippen LogP) is 4.20. The Morgan fingerprint density at radius 1 is 0.850 bits per heavy atom. The molecule has 0 radical (unpaired) electrons. The van der Waals surface area contributed by atoms with Crippen LogP contribution in [-0.4, -0.2) is 37.6 Å². The monoisotopic (exact) mass is 280 g/mol. The van der Waals surface area contributed by atoms with Gasteiger partial charge in [-0.3, -0.25) is 0 Å². The van der Waals surface area contributed by atoms with Crippen molar-refractivity contribution in [3.63, 3.8) is 0 Å². The van der Waals surface area contributed by atoms with E-state index in [0.29, 0.717) is 5.41 Å². The van der Waals surface area contributed by atoms with Crippen molar-refractivity contribution in [3.8, 4) is 0 Å². The summed E-state index contributed by atoms with van der Waals surface area (Å²) < 4.78 is 0. The maximum atomic E-state index is 3.75. The molecule has 0 aromatic carbocycles. The van der Waals surface area contributed by atoms with E-state index in [9.17, 15) is 0 Å². The number of hydrogen-bond acceptors (Lipinski definition) is 2. The molecule has 1 aliphatic heterocycles. The van der Waals surface area contributed by atoms with E-state index in [-0.39, 0.29) is 0 Å². The Morgan fingerprint density at radius 3 is 2.05 bits per heavy atom. The Hall–Kier alpha value is -0.0800. The maximum Gasteiger partial charge on any atom is 0.00501 e. The lowest BCUT2D eigenvalue weighted by Crippen LogP contribution is -2.44. The Kier molecular flexibility index (Phi) is 7.37. The van der Waals surface area contributed by atoms with Gasteiger partial charge in [-0.25, -0.2) is 0 Å². The zero-order valence-corrected chi connectivity index (χ0v) is 13.8. The zero-order valence-electron chi connectivity index (χ0n) is 13.8. The smallest absolute Gasteiger partial charge is 0.00501 e. The first-order valence-corrected chi connectivity index (χ1v) is 9.28. The van der Waals surface area contributed by atoms with Gasteiger partial charge in [0.25, 0.3) is 0 Å². The molecule has 1 saturated heterocycles. The van der Waals surface area contributed by atoms with Gasteiger partial charge < -0.3 is 10.2 Å². The summed E-state index contributed by atoms with van der Waals surface area (Å²) in [6, 6.07) is 0. The van der Waals surface area contributed by atoms with Crippen molar-refractivity contribution in [2.45, 2.75) is 77.6 Å². The molecule has 0 aromatic rings. The van der Waals surface area contributed by atoms with E-state index in [4.69, 9.17) is 0 Å². The van der Waals surface area contributed by atoms with Crippen LogP contribution in [0.2, 0.25) is 0 Å². The number of rotatable bonds is 6. The second-order valence-corrected chi connectivity index (χ2v) is 7.28. The third-order valence-corrected chi connectivity index (χ3v) is 5.35. The molecule has 0 bridgehead atoms. The van der Waals surface area contributed by atoms with Gasteiger partial charge in [0.1, 0.15) is 0 Å². The summed E-state index contributed by atoms with van der Waals surface area (Å²) in [5, 5.41) is 3.75. The van der Waals surface area contributed by atoms with E-state index in [0.717, 1.165) is 0 Å². The fraction of sp³-hybridized carbons (Fsp3) is 1.00. The highest BCUT2D eigenvalue weighted by Crippen LogP contribution is 2.36. The molecular weight excluding hydrogens is 244 g/mol. The Morgan fingerprint density at radius 2 is 1.45 bits per heavy atom. The Bertz CT molecular complexity index is 236. The zero-order chi connectivity index (χ0) is 14.1. The van der Waals surface area contributed by atoms with Crippen LogP contribution < -0.4 is 5.32 Å². The summed E-state index contributed by atoms with van der Waals surface area (Å²) in [7, 11) is 0. The molecule has 0 atom stereocenters. The molecule has 2 nitrogen and oxygen atoms in total. The van der Waals surface area contributed by atoms with E-state index in [1.807, 2.05) is 0 Å². The van der Waals surface area contributed by atoms with Crippen LogP contribution in [-0.2, 0) is 0 Å². The Labute approximate surface area is 126 Å². The molecule has 118 valence electrons. The molecule has 2 rings (SSSR count). The van der Waals surface area contributed by atoms with Crippen LogP contribution in [0.25, 0.3) is 0 Å². The minimum absolute atomic E-state index is 0.579. The predicted molar refractivity (Wildman–Crippen MR) is 88.2 cm³/mol. The van der Waals surface area contributed by atoms with Crippen LogP contribution in [0.3, 0.4) is 0 Å². The molecule has 1 saturated carbocycles. The fourth-order valence-electron chi connectivity index (χ4n) is 4.17. The van der Waals surface area contributed by atoms with Gasteiger partial charge in [-0.05, 0) is 57.2 Å². The molecule has 2 fully saturated rings. The van der Waals surface area contributed by atoms with E-state index in [1.54, 1.807) is 0 Å². The average Bonchev–Trinajstić information content (AvgIpc) is 2.83. The van der Waals surface area contributed by atoms with Crippen molar-refractivity contribution in [3.05, 3.63) is 0 Å². The van der Waals surface area contributed by atoms with Gasteiger partial charge >= 0.3 is 0 Å². The third kappa shape index (κ3) is 5.37. The summed E-state index contributed by atoms with van der Waals surface area (Å²) in [4.78, 5) is 2.80. The number of nitrogens with one attached hydrogen (secondary N) is 1. The quantitative estimate of drug-likeness (QED) is 0.579. The van der Waals surface area contributed by atoms with Crippen molar-refractivity contribution in [1.29, 1.82) is 0 Å². The van der Waals surface area contributed by atoms with Gasteiger partial charge in [-0.2, -0.15) is 0 Å². The highest BCUT2D eigenvalue weighted by atomic mass is 15.1. The highest BCUT2D eigenvalue weighted by molar-refractivity contribution is 4.87. The molecule has 0 aromatic heterocycles. The number of likely N-dealkylation sites (tertiary alicyclic amines) is 1. The minimum atomic E-state index is 0.579. The van der Waals surface area contributed by atoms with Crippen LogP contribution in [0.5, 0.6) is 0 Å². The van der Waals surface area contributed by atoms with Crippen LogP contribution in [0.1, 0.15) is 77.6 Å². The lowest BCUT2D eigenvalue weighted by Gasteiger charge is -2.38. The van der Waals surface area contributed by atoms with Crippen LogP contribution in [0, 0.1) is 5.41 Å². The number of hydrogen-bond donors (Lipinski definition) is 1. The summed E-state index contributed by atoms with van der Waals surface area (Å²) in [5.74, 6) is 0. The summed E-state index contributed by atoms with van der Waals surface area (Å²) in [6.45, 7) is 8.81. The maximum absolute atomic E-state index is 3.75. The van der Waals surface area contributed by atoms with Gasteiger partial charge in [-0.15, -0.1) is 0 Å². The molecule has 0 amide bonds. The van der Waals surface area contributed by atoms with E-state index < -0.39 is 0 Å². The minimum Gasteiger partial charge on any atom is -0.316 e. The van der Waals surface area contributed by atoms with Gasteiger partial charge in [0.05, 0.1) is 0 Å². The van der Waals surface area contributed by atoms with E-state index >= 15 is 0 Å². The van der Waals surface area contributed by atoms with Crippen LogP contribution in [0.15, 0.2) is 0 Å². The molecule has 2 heteroatoms. The van der Waals surface area contributed by atoms with E-state index in [2.05, 4.69) is 17.1 Å². The normalized spacial score (nSPS) is 25.1. The van der Waals surface area contributed by atoms with Crippen LogP contribution >= 0.6 is 0 Å². The summed E-state index contributed by atoms with van der Waals surface area (Å²) in [5.41, 5.74) is 0.579. The van der Waals surface area contributed by atoms with Gasteiger partial charge in [-0.1, -0.05) is 45.4 Å². The summed E-state index contributed by atoms with van der Waals surface area (Å²) >= 11 is 0. The van der Waals surface area contributed by atoms with Crippen molar-refractivity contribution in [1.82, 2.24) is 10.2 Å². The fourth-order valence-corrected chi connectivity index (χ4v) is 4.17. The van der Waals surface area contributed by atoms with Crippen molar-refractivity contribution < 1.29 is 0 Å². The molecular formula is C18H36N2. The molecule has 20 heavy (non-hydrogen) atoms. The number of nitrogens with zero attached hydrogens (tertiary/aromatic N) is 1. The van der Waals surface area contributed by atoms with Crippen molar-refractivity contribution in [2.24, 2.45) is 5.41 Å². The standard InChI is InChI=1S/C18H36N2/c1-2-13-19-16-18(11-7-3-4-8-12-18)17-20-14-9-5-6-10-15-20/h19H,2-17H2,1H3. The second-order valence-electron chi connectivity index (χ2n) is 7.28. The topological polar surface area (TPSA) is 15.3 Å². The Balaban J connectivity index is 1.92. The molecule has 0 unspecified atom stereocenters. The van der Waals surface area contributed by atoms with Gasteiger partial charge in [0.15, 0.2) is 0 Å². The SMILES string of the molecule is CCCNCC1(CN2CCCCCC2)CCCCCC1. The first kappa shape index (κ1) is 16.3. The molecule has 1 aliphatic carbocycles. The van der Waals surface area contributed by atoms with Crippen molar-refractivity contribution >= 4 is 0 Å². The first-order chi connectivity index (χ1) is 9.85. The van der Waals surface area contributed by atoms with Gasteiger partial charge in [0.2, 0.25) is 0 Å². The largest absolute Gasteiger partial charge is 0.316 e. The first-order valence-electron chi connectivity index (χ1n) is 9.28. The average molecular weight is 280 g/mol. The third-order valence-electron chi connectivity index (χ3n) is 5.35. The highest BCUT2D eigenvalue weighted by Gasteiger charge is 2.32. The lowest BCUT2D eigenvalue weighted by atomic mass is 9.79. The van der Waals surface area contributed by atoms with E-state index in [1.165, 1.54) is 103 Å². The van der Waals surface area contributed by atoms with Crippen LogP contribution in [0.4, 0.5) is 0 Å². The molecule has 1 N–H and O–H groups in total. The molecule has 0 spiro atoms.